The van der Waals surface area contributed by atoms with Crippen molar-refractivity contribution in [3.05, 3.63) is 0 Å². The van der Waals surface area contributed by atoms with Crippen molar-refractivity contribution in [2.24, 2.45) is 5.92 Å². The fraction of sp³-hybridized carbons (Fsp3) is 1.00. The van der Waals surface area contributed by atoms with Crippen molar-refractivity contribution in [3.63, 3.8) is 0 Å². The summed E-state index contributed by atoms with van der Waals surface area (Å²) >= 11 is 0. The van der Waals surface area contributed by atoms with Crippen LogP contribution in [0, 0.1) is 5.92 Å². The fourth-order valence-corrected chi connectivity index (χ4v) is 3.40. The largest absolute Gasteiger partial charge is 0.344 e. The molecule has 0 aliphatic heterocycles. The third kappa shape index (κ3) is 11.5. The third-order valence-electron chi connectivity index (χ3n) is 4.69. The highest BCUT2D eigenvalue weighted by Gasteiger charge is 2.09. The summed E-state index contributed by atoms with van der Waals surface area (Å²) in [7, 11) is 0. The van der Waals surface area contributed by atoms with E-state index in [-0.39, 0.29) is 6.15 Å². The molecule has 1 nitrogen and oxygen atoms in total. The van der Waals surface area contributed by atoms with Crippen LogP contribution >= 0.6 is 0 Å². The molecule has 1 heteroatoms. The van der Waals surface area contributed by atoms with Crippen LogP contribution in [0.15, 0.2) is 0 Å². The van der Waals surface area contributed by atoms with Gasteiger partial charge in [-0.2, -0.15) is 0 Å². The summed E-state index contributed by atoms with van der Waals surface area (Å²) in [6.07, 6.45) is 23.9. The molecule has 0 unspecified atom stereocenters. The van der Waals surface area contributed by atoms with E-state index in [0.29, 0.717) is 0 Å². The lowest BCUT2D eigenvalue weighted by atomic mass is 9.89. The minimum atomic E-state index is 0. The molecular formula is C18H39N. The van der Waals surface area contributed by atoms with Gasteiger partial charge in [0.25, 0.3) is 0 Å². The zero-order valence-electron chi connectivity index (χ0n) is 13.6. The predicted octanol–water partition coefficient (Wildman–Crippen LogP) is 7.04. The van der Waals surface area contributed by atoms with Gasteiger partial charge in [0.15, 0.2) is 0 Å². The summed E-state index contributed by atoms with van der Waals surface area (Å²) < 4.78 is 0. The summed E-state index contributed by atoms with van der Waals surface area (Å²) in [5.41, 5.74) is 0. The van der Waals surface area contributed by atoms with Gasteiger partial charge in [0.05, 0.1) is 0 Å². The van der Waals surface area contributed by atoms with Gasteiger partial charge in [0.1, 0.15) is 0 Å². The summed E-state index contributed by atoms with van der Waals surface area (Å²) in [5, 5.41) is 0. The van der Waals surface area contributed by atoms with E-state index in [0.717, 1.165) is 5.92 Å². The SMILES string of the molecule is CCCCCCC1CCCCCCCCCCC1.N. The maximum atomic E-state index is 2.32. The van der Waals surface area contributed by atoms with Gasteiger partial charge in [0, 0.05) is 0 Å². The van der Waals surface area contributed by atoms with Gasteiger partial charge in [-0.3, -0.25) is 0 Å². The molecule has 1 saturated carbocycles. The van der Waals surface area contributed by atoms with Crippen LogP contribution in [0.4, 0.5) is 0 Å². The molecule has 1 rings (SSSR count). The van der Waals surface area contributed by atoms with Crippen LogP contribution in [0.1, 0.15) is 110 Å². The normalized spacial score (nSPS) is 20.1. The first kappa shape index (κ1) is 19.0. The van der Waals surface area contributed by atoms with Gasteiger partial charge < -0.3 is 6.15 Å². The van der Waals surface area contributed by atoms with Crippen LogP contribution in [-0.4, -0.2) is 0 Å². The molecule has 0 radical (unpaired) electrons. The van der Waals surface area contributed by atoms with E-state index in [1.54, 1.807) is 0 Å². The van der Waals surface area contributed by atoms with E-state index >= 15 is 0 Å². The number of unbranched alkanes of at least 4 members (excludes halogenated alkanes) is 3. The van der Waals surface area contributed by atoms with E-state index in [2.05, 4.69) is 6.92 Å². The highest BCUT2D eigenvalue weighted by Crippen LogP contribution is 2.25. The summed E-state index contributed by atoms with van der Waals surface area (Å²) in [6, 6.07) is 0. The van der Waals surface area contributed by atoms with Crippen LogP contribution in [0.25, 0.3) is 0 Å². The maximum absolute atomic E-state index is 2.32. The molecule has 0 atom stereocenters. The maximum Gasteiger partial charge on any atom is -0.0414 e. The van der Waals surface area contributed by atoms with E-state index in [1.807, 2.05) is 0 Å². The Hall–Kier alpha value is -0.0400. The van der Waals surface area contributed by atoms with E-state index in [4.69, 9.17) is 0 Å². The summed E-state index contributed by atoms with van der Waals surface area (Å²) in [4.78, 5) is 0. The molecule has 1 fully saturated rings. The lowest BCUT2D eigenvalue weighted by molar-refractivity contribution is 0.361. The van der Waals surface area contributed by atoms with Crippen LogP contribution < -0.4 is 6.15 Å². The zero-order valence-corrected chi connectivity index (χ0v) is 13.6. The molecule has 1 aliphatic carbocycles. The Morgan fingerprint density at radius 1 is 0.632 bits per heavy atom. The van der Waals surface area contributed by atoms with E-state index in [9.17, 15) is 0 Å². The molecule has 0 aromatic heterocycles. The van der Waals surface area contributed by atoms with E-state index in [1.165, 1.54) is 103 Å². The van der Waals surface area contributed by atoms with Gasteiger partial charge in [-0.25, -0.2) is 0 Å². The lowest BCUT2D eigenvalue weighted by Gasteiger charge is -2.17. The van der Waals surface area contributed by atoms with Gasteiger partial charge in [0.2, 0.25) is 0 Å². The average Bonchev–Trinajstić information content (AvgIpc) is 2.37. The second-order valence-electron chi connectivity index (χ2n) is 6.47. The highest BCUT2D eigenvalue weighted by molar-refractivity contribution is 4.62. The monoisotopic (exact) mass is 269 g/mol. The van der Waals surface area contributed by atoms with Crippen molar-refractivity contribution in [2.75, 3.05) is 0 Å². The van der Waals surface area contributed by atoms with Crippen LogP contribution in [0.5, 0.6) is 0 Å². The van der Waals surface area contributed by atoms with Gasteiger partial charge in [-0.15, -0.1) is 0 Å². The number of hydrogen-bond acceptors (Lipinski definition) is 1. The van der Waals surface area contributed by atoms with Crippen molar-refractivity contribution in [1.82, 2.24) is 6.15 Å². The van der Waals surface area contributed by atoms with Crippen LogP contribution in [0.2, 0.25) is 0 Å². The molecule has 3 N–H and O–H groups in total. The molecule has 1 aliphatic rings. The fourth-order valence-electron chi connectivity index (χ4n) is 3.40. The zero-order chi connectivity index (χ0) is 12.9. The van der Waals surface area contributed by atoms with Crippen molar-refractivity contribution >= 4 is 0 Å². The summed E-state index contributed by atoms with van der Waals surface area (Å²) in [5.74, 6) is 1.07. The molecule has 0 saturated heterocycles. The molecule has 19 heavy (non-hydrogen) atoms. The molecule has 0 bridgehead atoms. The Bertz CT molecular complexity index is 152. The minimum absolute atomic E-state index is 0. The first-order valence-corrected chi connectivity index (χ1v) is 8.93. The van der Waals surface area contributed by atoms with Gasteiger partial charge in [-0.1, -0.05) is 110 Å². The second kappa shape index (κ2) is 14.4. The third-order valence-corrected chi connectivity index (χ3v) is 4.69. The Morgan fingerprint density at radius 3 is 1.58 bits per heavy atom. The molecule has 0 spiro atoms. The Morgan fingerprint density at radius 2 is 1.11 bits per heavy atom. The van der Waals surface area contributed by atoms with Gasteiger partial charge in [-0.05, 0) is 5.92 Å². The quantitative estimate of drug-likeness (QED) is 0.534. The predicted molar refractivity (Wildman–Crippen MR) is 88.1 cm³/mol. The average molecular weight is 270 g/mol. The van der Waals surface area contributed by atoms with Crippen LogP contribution in [-0.2, 0) is 0 Å². The smallest absolute Gasteiger partial charge is 0.0414 e. The molecule has 0 aromatic carbocycles. The molecule has 116 valence electrons. The lowest BCUT2D eigenvalue weighted by Crippen LogP contribution is -2.02. The standard InChI is InChI=1S/C18H36.H3N/c1-2-3-4-12-15-18-16-13-10-8-6-5-7-9-11-14-17-18;/h18H,2-17H2,1H3;1H3. The number of rotatable bonds is 5. The molecular weight excluding hydrogens is 230 g/mol. The van der Waals surface area contributed by atoms with Crippen molar-refractivity contribution in [1.29, 1.82) is 0 Å². The Kier molecular flexibility index (Phi) is 14.3. The first-order valence-electron chi connectivity index (χ1n) is 8.93. The first-order chi connectivity index (χ1) is 8.93. The van der Waals surface area contributed by atoms with Crippen molar-refractivity contribution in [3.8, 4) is 0 Å². The van der Waals surface area contributed by atoms with Crippen LogP contribution in [0.3, 0.4) is 0 Å². The topological polar surface area (TPSA) is 35.0 Å². The Labute approximate surface area is 122 Å². The molecule has 0 heterocycles. The van der Waals surface area contributed by atoms with Crippen molar-refractivity contribution < 1.29 is 0 Å². The molecule has 0 aromatic rings. The van der Waals surface area contributed by atoms with Crippen molar-refractivity contribution in [2.45, 2.75) is 110 Å². The minimum Gasteiger partial charge on any atom is -0.344 e. The molecule has 0 amide bonds. The number of hydrogen-bond donors (Lipinski definition) is 1. The van der Waals surface area contributed by atoms with Gasteiger partial charge >= 0.3 is 0 Å². The second-order valence-corrected chi connectivity index (χ2v) is 6.47. The van der Waals surface area contributed by atoms with E-state index < -0.39 is 0 Å². The highest BCUT2D eigenvalue weighted by atomic mass is 14.1. The summed E-state index contributed by atoms with van der Waals surface area (Å²) in [6.45, 7) is 2.32. The Balaban J connectivity index is 0.00000324.